The third-order valence-corrected chi connectivity index (χ3v) is 3.37. The molecule has 1 aromatic rings. The molecule has 4 nitrogen and oxygen atoms in total. The minimum Gasteiger partial charge on any atom is -0.495 e. The predicted octanol–water partition coefficient (Wildman–Crippen LogP) is 3.65. The normalized spacial score (nSPS) is 11.2. The van der Waals surface area contributed by atoms with Crippen molar-refractivity contribution in [2.24, 2.45) is 0 Å². The number of halogens is 2. The summed E-state index contributed by atoms with van der Waals surface area (Å²) >= 11 is 6.75. The van der Waals surface area contributed by atoms with Crippen molar-refractivity contribution < 1.29 is 9.53 Å². The molecule has 0 aliphatic heterocycles. The van der Waals surface area contributed by atoms with Crippen LogP contribution in [0.1, 0.15) is 19.4 Å². The number of benzene rings is 1. The first-order chi connectivity index (χ1) is 9.38. The summed E-state index contributed by atoms with van der Waals surface area (Å²) in [6, 6.07) is 5.49. The molecule has 1 N–H and O–H groups in total. The van der Waals surface area contributed by atoms with Crippen molar-refractivity contribution in [2.75, 3.05) is 7.11 Å². The van der Waals surface area contributed by atoms with Gasteiger partial charge in [-0.1, -0.05) is 15.9 Å². The van der Waals surface area contributed by atoms with E-state index in [1.54, 1.807) is 6.07 Å². The minimum atomic E-state index is -0.402. The molecule has 0 fully saturated rings. The van der Waals surface area contributed by atoms with Crippen LogP contribution in [0.5, 0.6) is 5.75 Å². The Bertz CT molecular complexity index is 590. The lowest BCUT2D eigenvalue weighted by atomic mass is 10.1. The molecule has 106 valence electrons. The maximum Gasteiger partial charge on any atom is 0.262 e. The zero-order valence-electron chi connectivity index (χ0n) is 11.3. The lowest BCUT2D eigenvalue weighted by molar-refractivity contribution is -0.117. The van der Waals surface area contributed by atoms with Gasteiger partial charge in [0.15, 0.2) is 0 Å². The van der Waals surface area contributed by atoms with E-state index < -0.39 is 5.91 Å². The van der Waals surface area contributed by atoms with E-state index in [9.17, 15) is 4.79 Å². The van der Waals surface area contributed by atoms with Crippen molar-refractivity contribution in [3.63, 3.8) is 0 Å². The number of amides is 1. The van der Waals surface area contributed by atoms with E-state index in [-0.39, 0.29) is 11.6 Å². The Morgan fingerprint density at radius 3 is 2.60 bits per heavy atom. The van der Waals surface area contributed by atoms with E-state index in [0.29, 0.717) is 11.3 Å². The van der Waals surface area contributed by atoms with Gasteiger partial charge >= 0.3 is 0 Å². The van der Waals surface area contributed by atoms with Crippen molar-refractivity contribution in [1.82, 2.24) is 5.32 Å². The molecular formula is C14H14Br2N2O2. The maximum absolute atomic E-state index is 11.9. The average Bonchev–Trinajstić information content (AvgIpc) is 2.34. The molecule has 0 radical (unpaired) electrons. The van der Waals surface area contributed by atoms with Crippen LogP contribution in [0.4, 0.5) is 0 Å². The van der Waals surface area contributed by atoms with Crippen molar-refractivity contribution in [2.45, 2.75) is 19.9 Å². The summed E-state index contributed by atoms with van der Waals surface area (Å²) in [7, 11) is 1.53. The van der Waals surface area contributed by atoms with Crippen LogP contribution in [-0.2, 0) is 4.79 Å². The Morgan fingerprint density at radius 2 is 2.10 bits per heavy atom. The van der Waals surface area contributed by atoms with Gasteiger partial charge in [-0.3, -0.25) is 4.79 Å². The molecule has 1 amide bonds. The summed E-state index contributed by atoms with van der Waals surface area (Å²) < 4.78 is 6.84. The van der Waals surface area contributed by atoms with Crippen molar-refractivity contribution in [1.29, 1.82) is 5.26 Å². The number of carbonyl (C=O) groups excluding carboxylic acids is 1. The molecular weight excluding hydrogens is 388 g/mol. The van der Waals surface area contributed by atoms with Gasteiger partial charge in [0.1, 0.15) is 17.4 Å². The predicted molar refractivity (Wildman–Crippen MR) is 85.3 cm³/mol. The first-order valence-corrected chi connectivity index (χ1v) is 7.43. The summed E-state index contributed by atoms with van der Waals surface area (Å²) in [5, 5.41) is 11.8. The summed E-state index contributed by atoms with van der Waals surface area (Å²) in [6.45, 7) is 3.67. The van der Waals surface area contributed by atoms with Crippen LogP contribution in [0.2, 0.25) is 0 Å². The lowest BCUT2D eigenvalue weighted by Crippen LogP contribution is -2.30. The molecule has 0 saturated heterocycles. The third kappa shape index (κ3) is 4.36. The van der Waals surface area contributed by atoms with E-state index >= 15 is 0 Å². The van der Waals surface area contributed by atoms with E-state index in [4.69, 9.17) is 10.00 Å². The van der Waals surface area contributed by atoms with Crippen LogP contribution >= 0.6 is 31.9 Å². The lowest BCUT2D eigenvalue weighted by Gasteiger charge is -2.10. The molecule has 1 rings (SSSR count). The zero-order valence-corrected chi connectivity index (χ0v) is 14.5. The second-order valence-electron chi connectivity index (χ2n) is 4.31. The Morgan fingerprint density at radius 1 is 1.45 bits per heavy atom. The molecule has 1 aromatic carbocycles. The number of nitriles is 1. The quantitative estimate of drug-likeness (QED) is 0.618. The number of nitrogens with one attached hydrogen (secondary N) is 1. The number of nitrogens with zero attached hydrogens (tertiary/aromatic N) is 1. The number of rotatable bonds is 4. The summed E-state index contributed by atoms with van der Waals surface area (Å²) in [5.74, 6) is 0.166. The van der Waals surface area contributed by atoms with Crippen LogP contribution in [0, 0.1) is 11.3 Å². The van der Waals surface area contributed by atoms with Crippen molar-refractivity contribution >= 4 is 43.8 Å². The molecule has 0 aliphatic rings. The average molecular weight is 402 g/mol. The van der Waals surface area contributed by atoms with Gasteiger partial charge in [0.05, 0.1) is 11.6 Å². The third-order valence-electron chi connectivity index (χ3n) is 2.33. The number of hydrogen-bond acceptors (Lipinski definition) is 3. The Labute approximate surface area is 135 Å². The van der Waals surface area contributed by atoms with Gasteiger partial charge in [-0.25, -0.2) is 0 Å². The first kappa shape index (κ1) is 16.7. The van der Waals surface area contributed by atoms with Gasteiger partial charge < -0.3 is 10.1 Å². The molecule has 0 bridgehead atoms. The number of hydrogen-bond donors (Lipinski definition) is 1. The zero-order chi connectivity index (χ0) is 15.3. The monoisotopic (exact) mass is 400 g/mol. The highest BCUT2D eigenvalue weighted by molar-refractivity contribution is 9.11. The van der Waals surface area contributed by atoms with Gasteiger partial charge in [-0.15, -0.1) is 0 Å². The highest BCUT2D eigenvalue weighted by Gasteiger charge is 2.13. The van der Waals surface area contributed by atoms with Gasteiger partial charge in [-0.2, -0.15) is 5.26 Å². The topological polar surface area (TPSA) is 62.1 Å². The second kappa shape index (κ2) is 7.46. The molecule has 0 unspecified atom stereocenters. The molecule has 0 heterocycles. The second-order valence-corrected chi connectivity index (χ2v) is 6.08. The molecule has 0 spiro atoms. The van der Waals surface area contributed by atoms with Gasteiger partial charge in [0.2, 0.25) is 0 Å². The Balaban J connectivity index is 3.26. The van der Waals surface area contributed by atoms with Gasteiger partial charge in [0, 0.05) is 16.1 Å². The van der Waals surface area contributed by atoms with E-state index in [1.165, 1.54) is 13.2 Å². The smallest absolute Gasteiger partial charge is 0.262 e. The molecule has 0 saturated carbocycles. The fourth-order valence-electron chi connectivity index (χ4n) is 1.55. The minimum absolute atomic E-state index is 0.0296. The van der Waals surface area contributed by atoms with Gasteiger partial charge in [0.25, 0.3) is 5.91 Å². The standard InChI is InChI=1S/C14H14Br2N2O2/c1-8(2)18-14(19)10(7-17)4-9-5-11(15)6-12(16)13(9)20-3/h4-6,8H,1-3H3,(H,18,19)/b10-4+. The summed E-state index contributed by atoms with van der Waals surface area (Å²) in [5.41, 5.74) is 0.672. The van der Waals surface area contributed by atoms with Crippen molar-refractivity contribution in [3.8, 4) is 11.8 Å². The highest BCUT2D eigenvalue weighted by atomic mass is 79.9. The number of ether oxygens (including phenoxy) is 1. The van der Waals surface area contributed by atoms with Crippen LogP contribution in [0.15, 0.2) is 26.7 Å². The summed E-state index contributed by atoms with van der Waals surface area (Å²) in [6.07, 6.45) is 1.51. The summed E-state index contributed by atoms with van der Waals surface area (Å²) in [4.78, 5) is 11.9. The number of methoxy groups -OCH3 is 1. The van der Waals surface area contributed by atoms with E-state index in [1.807, 2.05) is 26.0 Å². The van der Waals surface area contributed by atoms with E-state index in [0.717, 1.165) is 8.95 Å². The fourth-order valence-corrected chi connectivity index (χ4v) is 2.97. The molecule has 20 heavy (non-hydrogen) atoms. The van der Waals surface area contributed by atoms with Crippen LogP contribution in [0.3, 0.4) is 0 Å². The molecule has 0 atom stereocenters. The maximum atomic E-state index is 11.9. The van der Waals surface area contributed by atoms with Crippen molar-refractivity contribution in [3.05, 3.63) is 32.2 Å². The SMILES string of the molecule is COc1c(Br)cc(Br)cc1/C=C(\C#N)C(=O)NC(C)C. The van der Waals surface area contributed by atoms with Crippen LogP contribution < -0.4 is 10.1 Å². The number of carbonyl (C=O) groups is 1. The first-order valence-electron chi connectivity index (χ1n) is 5.84. The van der Waals surface area contributed by atoms with Crippen LogP contribution in [-0.4, -0.2) is 19.1 Å². The van der Waals surface area contributed by atoms with E-state index in [2.05, 4.69) is 37.2 Å². The molecule has 6 heteroatoms. The highest BCUT2D eigenvalue weighted by Crippen LogP contribution is 2.33. The fraction of sp³-hybridized carbons (Fsp3) is 0.286. The van der Waals surface area contributed by atoms with Crippen LogP contribution in [0.25, 0.3) is 6.08 Å². The largest absolute Gasteiger partial charge is 0.495 e. The Kier molecular flexibility index (Phi) is 6.24. The van der Waals surface area contributed by atoms with Gasteiger partial charge in [-0.05, 0) is 48.0 Å². The molecule has 0 aromatic heterocycles. The Hall–Kier alpha value is -1.32. The molecule has 0 aliphatic carbocycles.